The highest BCUT2D eigenvalue weighted by Crippen LogP contribution is 2.38. The van der Waals surface area contributed by atoms with Gasteiger partial charge in [0.1, 0.15) is 0 Å². The van der Waals surface area contributed by atoms with E-state index in [1.807, 2.05) is 0 Å². The van der Waals surface area contributed by atoms with Crippen molar-refractivity contribution in [2.45, 2.75) is 27.7 Å². The van der Waals surface area contributed by atoms with Crippen LogP contribution < -0.4 is 0 Å². The Bertz CT molecular complexity index is 337. The van der Waals surface area contributed by atoms with Crippen LogP contribution in [0.2, 0.25) is 0 Å². The van der Waals surface area contributed by atoms with Crippen LogP contribution in [0.15, 0.2) is 46.6 Å². The van der Waals surface area contributed by atoms with Crippen molar-refractivity contribution in [3.05, 3.63) is 46.6 Å². The van der Waals surface area contributed by atoms with Crippen molar-refractivity contribution in [3.8, 4) is 0 Å². The maximum Gasteiger partial charge on any atom is 0.00834 e. The lowest BCUT2D eigenvalue weighted by molar-refractivity contribution is 0.622. The van der Waals surface area contributed by atoms with Gasteiger partial charge < -0.3 is 0 Å². The van der Waals surface area contributed by atoms with Crippen LogP contribution in [0.4, 0.5) is 0 Å². The molecule has 2 atom stereocenters. The first-order valence-corrected chi connectivity index (χ1v) is 5.31. The standard InChI is InChI=1S/C14H18/c1-9-5-11(3)13(7-9)14-8-10(2)6-12(14)4/h5-8,13-14H,1-4H3. The van der Waals surface area contributed by atoms with Gasteiger partial charge in [0, 0.05) is 11.8 Å². The highest BCUT2D eigenvalue weighted by atomic mass is 14.3. The monoisotopic (exact) mass is 186 g/mol. The first kappa shape index (κ1) is 9.51. The molecule has 0 aromatic carbocycles. The van der Waals surface area contributed by atoms with Gasteiger partial charge in [0.05, 0.1) is 0 Å². The van der Waals surface area contributed by atoms with E-state index < -0.39 is 0 Å². The lowest BCUT2D eigenvalue weighted by Crippen LogP contribution is -2.09. The van der Waals surface area contributed by atoms with Gasteiger partial charge in [-0.05, 0) is 27.7 Å². The molecule has 0 radical (unpaired) electrons. The maximum atomic E-state index is 2.40. The van der Waals surface area contributed by atoms with Crippen molar-refractivity contribution >= 4 is 0 Å². The fourth-order valence-corrected chi connectivity index (χ4v) is 2.61. The van der Waals surface area contributed by atoms with Crippen LogP contribution >= 0.6 is 0 Å². The second kappa shape index (κ2) is 3.27. The second-order valence-corrected chi connectivity index (χ2v) is 4.65. The van der Waals surface area contributed by atoms with Crippen LogP contribution in [-0.2, 0) is 0 Å². The average molecular weight is 186 g/mol. The number of allylic oxidation sites excluding steroid dienone is 8. The van der Waals surface area contributed by atoms with E-state index in [0.717, 1.165) is 0 Å². The summed E-state index contributed by atoms with van der Waals surface area (Å²) in [7, 11) is 0. The molecule has 0 N–H and O–H groups in total. The SMILES string of the molecule is CC1=CC(C2C=C(C)C=C2C)C(C)=C1. The van der Waals surface area contributed by atoms with Crippen LogP contribution in [0, 0.1) is 11.8 Å². The summed E-state index contributed by atoms with van der Waals surface area (Å²) in [5.41, 5.74) is 5.84. The molecule has 2 aliphatic rings. The molecule has 74 valence electrons. The van der Waals surface area contributed by atoms with Crippen molar-refractivity contribution in [2.24, 2.45) is 11.8 Å². The number of hydrogen-bond donors (Lipinski definition) is 0. The van der Waals surface area contributed by atoms with E-state index in [4.69, 9.17) is 0 Å². The summed E-state index contributed by atoms with van der Waals surface area (Å²) >= 11 is 0. The maximum absolute atomic E-state index is 2.40. The molecule has 0 heteroatoms. The third-order valence-corrected chi connectivity index (χ3v) is 3.23. The highest BCUT2D eigenvalue weighted by Gasteiger charge is 2.26. The average Bonchev–Trinajstić information content (AvgIpc) is 2.55. The van der Waals surface area contributed by atoms with Crippen LogP contribution in [0.1, 0.15) is 27.7 Å². The number of hydrogen-bond acceptors (Lipinski definition) is 0. The second-order valence-electron chi connectivity index (χ2n) is 4.65. The van der Waals surface area contributed by atoms with Gasteiger partial charge in [-0.2, -0.15) is 0 Å². The number of rotatable bonds is 1. The van der Waals surface area contributed by atoms with Gasteiger partial charge in [0.25, 0.3) is 0 Å². The molecular formula is C14H18. The first-order valence-electron chi connectivity index (χ1n) is 5.31. The molecule has 2 unspecified atom stereocenters. The topological polar surface area (TPSA) is 0 Å². The minimum Gasteiger partial charge on any atom is -0.0735 e. The van der Waals surface area contributed by atoms with E-state index in [-0.39, 0.29) is 0 Å². The molecule has 0 aromatic heterocycles. The Hall–Kier alpha value is -1.04. The van der Waals surface area contributed by atoms with Crippen LogP contribution in [-0.4, -0.2) is 0 Å². The van der Waals surface area contributed by atoms with Gasteiger partial charge in [-0.25, -0.2) is 0 Å². The summed E-state index contributed by atoms with van der Waals surface area (Å²) in [5.74, 6) is 1.23. The molecule has 0 bridgehead atoms. The molecule has 2 aliphatic carbocycles. The molecule has 0 aromatic rings. The summed E-state index contributed by atoms with van der Waals surface area (Å²) < 4.78 is 0. The van der Waals surface area contributed by atoms with Crippen molar-refractivity contribution in [1.29, 1.82) is 0 Å². The minimum atomic E-state index is 0.615. The first-order chi connectivity index (χ1) is 6.58. The van der Waals surface area contributed by atoms with Gasteiger partial charge in [-0.15, -0.1) is 0 Å². The van der Waals surface area contributed by atoms with E-state index in [0.29, 0.717) is 11.8 Å². The molecule has 2 rings (SSSR count). The van der Waals surface area contributed by atoms with Crippen molar-refractivity contribution in [3.63, 3.8) is 0 Å². The molecule has 0 fully saturated rings. The molecule has 0 saturated carbocycles. The Morgan fingerprint density at radius 2 is 1.07 bits per heavy atom. The van der Waals surface area contributed by atoms with Gasteiger partial charge >= 0.3 is 0 Å². The van der Waals surface area contributed by atoms with Crippen molar-refractivity contribution in [2.75, 3.05) is 0 Å². The Labute approximate surface area is 86.7 Å². The van der Waals surface area contributed by atoms with Gasteiger partial charge in [-0.1, -0.05) is 46.6 Å². The fourth-order valence-electron chi connectivity index (χ4n) is 2.61. The predicted octanol–water partition coefficient (Wildman–Crippen LogP) is 4.03. The van der Waals surface area contributed by atoms with Gasteiger partial charge in [0.2, 0.25) is 0 Å². The van der Waals surface area contributed by atoms with Gasteiger partial charge in [0.15, 0.2) is 0 Å². The highest BCUT2D eigenvalue weighted by molar-refractivity contribution is 5.42. The van der Waals surface area contributed by atoms with Crippen molar-refractivity contribution < 1.29 is 0 Å². The van der Waals surface area contributed by atoms with E-state index in [1.165, 1.54) is 22.3 Å². The van der Waals surface area contributed by atoms with E-state index in [2.05, 4.69) is 52.0 Å². The van der Waals surface area contributed by atoms with E-state index >= 15 is 0 Å². The third-order valence-electron chi connectivity index (χ3n) is 3.23. The zero-order valence-electron chi connectivity index (χ0n) is 9.46. The predicted molar refractivity (Wildman–Crippen MR) is 62.0 cm³/mol. The molecule has 0 nitrogen and oxygen atoms in total. The Morgan fingerprint density at radius 1 is 0.714 bits per heavy atom. The summed E-state index contributed by atoms with van der Waals surface area (Å²) in [6.45, 7) is 8.86. The molecule has 0 heterocycles. The summed E-state index contributed by atoms with van der Waals surface area (Å²) in [4.78, 5) is 0. The van der Waals surface area contributed by atoms with Gasteiger partial charge in [-0.3, -0.25) is 0 Å². The van der Waals surface area contributed by atoms with Crippen LogP contribution in [0.25, 0.3) is 0 Å². The van der Waals surface area contributed by atoms with Crippen LogP contribution in [0.5, 0.6) is 0 Å². The van der Waals surface area contributed by atoms with E-state index in [1.54, 1.807) is 0 Å². The quantitative estimate of drug-likeness (QED) is 0.580. The molecular weight excluding hydrogens is 168 g/mol. The minimum absolute atomic E-state index is 0.615. The molecule has 0 spiro atoms. The van der Waals surface area contributed by atoms with Crippen LogP contribution in [0.3, 0.4) is 0 Å². The summed E-state index contributed by atoms with van der Waals surface area (Å²) in [6, 6.07) is 0. The fraction of sp³-hybridized carbons (Fsp3) is 0.429. The van der Waals surface area contributed by atoms with Crippen molar-refractivity contribution in [1.82, 2.24) is 0 Å². The lowest BCUT2D eigenvalue weighted by atomic mass is 9.85. The molecule has 0 amide bonds. The smallest absolute Gasteiger partial charge is 0.00834 e. The zero-order chi connectivity index (χ0) is 10.3. The summed E-state index contributed by atoms with van der Waals surface area (Å²) in [5, 5.41) is 0. The Kier molecular flexibility index (Phi) is 2.22. The Morgan fingerprint density at radius 3 is 1.29 bits per heavy atom. The molecule has 14 heavy (non-hydrogen) atoms. The summed E-state index contributed by atoms with van der Waals surface area (Å²) in [6.07, 6.45) is 9.40. The normalized spacial score (nSPS) is 31.1. The molecule has 0 saturated heterocycles. The Balaban J connectivity index is 2.27. The zero-order valence-corrected chi connectivity index (χ0v) is 9.46. The third kappa shape index (κ3) is 1.50. The largest absolute Gasteiger partial charge is 0.0735 e. The lowest BCUT2D eigenvalue weighted by Gasteiger charge is -2.18. The van der Waals surface area contributed by atoms with E-state index in [9.17, 15) is 0 Å². The molecule has 0 aliphatic heterocycles.